The Kier molecular flexibility index (Phi) is 4.76. The van der Waals surface area contributed by atoms with Gasteiger partial charge in [0, 0.05) is 25.5 Å². The first-order chi connectivity index (χ1) is 11.1. The fraction of sp³-hybridized carbons (Fsp3) is 0.444. The monoisotopic (exact) mass is 313 g/mol. The number of hydrogen-bond acceptors (Lipinski definition) is 3. The molecule has 1 atom stereocenters. The van der Waals surface area contributed by atoms with Gasteiger partial charge in [-0.2, -0.15) is 5.10 Å². The molecule has 1 aliphatic rings. The molecule has 2 aromatic rings. The fourth-order valence-electron chi connectivity index (χ4n) is 3.02. The van der Waals surface area contributed by atoms with E-state index < -0.39 is 0 Å². The summed E-state index contributed by atoms with van der Waals surface area (Å²) in [7, 11) is 0. The third kappa shape index (κ3) is 4.20. The van der Waals surface area contributed by atoms with Gasteiger partial charge in [0.15, 0.2) is 0 Å². The normalized spacial score (nSPS) is 20.6. The first-order valence-corrected chi connectivity index (χ1v) is 8.09. The van der Waals surface area contributed by atoms with Gasteiger partial charge in [-0.1, -0.05) is 24.3 Å². The summed E-state index contributed by atoms with van der Waals surface area (Å²) in [5.74, 6) is 0.0447. The van der Waals surface area contributed by atoms with Crippen molar-refractivity contribution in [3.8, 4) is 0 Å². The number of ether oxygens (including phenoxy) is 1. The van der Waals surface area contributed by atoms with E-state index in [1.54, 1.807) is 6.20 Å². The Bertz CT molecular complexity index is 646. The van der Waals surface area contributed by atoms with Gasteiger partial charge < -0.3 is 10.1 Å². The molecule has 1 fully saturated rings. The smallest absolute Gasteiger partial charge is 0.223 e. The van der Waals surface area contributed by atoms with Crippen LogP contribution in [-0.4, -0.2) is 27.9 Å². The molecule has 0 aliphatic carbocycles. The van der Waals surface area contributed by atoms with Gasteiger partial charge in [0.1, 0.15) is 0 Å². The Morgan fingerprint density at radius 3 is 2.87 bits per heavy atom. The number of hydrogen-bond donors (Lipinski definition) is 1. The number of amides is 1. The summed E-state index contributed by atoms with van der Waals surface area (Å²) in [6.07, 6.45) is 6.13. The van der Waals surface area contributed by atoms with Crippen LogP contribution in [0, 0.1) is 0 Å². The highest BCUT2D eigenvalue weighted by molar-refractivity contribution is 5.77. The van der Waals surface area contributed by atoms with E-state index in [1.165, 1.54) is 5.56 Å². The molecule has 23 heavy (non-hydrogen) atoms. The summed E-state index contributed by atoms with van der Waals surface area (Å²) in [6, 6.07) is 10.0. The van der Waals surface area contributed by atoms with Crippen LogP contribution >= 0.6 is 0 Å². The maximum absolute atomic E-state index is 12.2. The summed E-state index contributed by atoms with van der Waals surface area (Å²) in [6.45, 7) is 4.02. The molecule has 1 aromatic carbocycles. The molecule has 1 saturated heterocycles. The van der Waals surface area contributed by atoms with E-state index in [0.717, 1.165) is 25.0 Å². The Balaban J connectivity index is 1.58. The summed E-state index contributed by atoms with van der Waals surface area (Å²) >= 11 is 0. The van der Waals surface area contributed by atoms with Crippen LogP contribution in [-0.2, 0) is 22.6 Å². The number of rotatable bonds is 6. The molecule has 0 radical (unpaired) electrons. The van der Waals surface area contributed by atoms with Gasteiger partial charge in [0.25, 0.3) is 0 Å². The van der Waals surface area contributed by atoms with Crippen LogP contribution in [0.25, 0.3) is 0 Å². The van der Waals surface area contributed by atoms with Crippen molar-refractivity contribution in [2.45, 2.75) is 44.9 Å². The molecule has 0 saturated carbocycles. The number of carbonyl (C=O) groups is 1. The molecule has 1 aliphatic heterocycles. The molecule has 0 spiro atoms. The molecule has 1 N–H and O–H groups in total. The minimum absolute atomic E-state index is 0.0447. The molecule has 2 heterocycles. The molecule has 1 aromatic heterocycles. The van der Waals surface area contributed by atoms with Crippen LogP contribution in [0.3, 0.4) is 0 Å². The first kappa shape index (κ1) is 15.7. The second-order valence-electron chi connectivity index (χ2n) is 6.33. The molecule has 3 rings (SSSR count). The van der Waals surface area contributed by atoms with Crippen LogP contribution in [0.5, 0.6) is 0 Å². The molecule has 122 valence electrons. The van der Waals surface area contributed by atoms with Gasteiger partial charge in [-0.15, -0.1) is 0 Å². The predicted octanol–water partition coefficient (Wildman–Crippen LogP) is 2.51. The zero-order valence-corrected chi connectivity index (χ0v) is 13.5. The molecule has 5 heteroatoms. The van der Waals surface area contributed by atoms with E-state index in [9.17, 15) is 4.79 Å². The van der Waals surface area contributed by atoms with E-state index in [2.05, 4.69) is 16.5 Å². The molecular formula is C18H23N3O2. The standard InChI is InChI=1S/C18H23N3O2/c1-18(8-4-11-23-18)12-17(22)19-13-15-6-2-3-7-16(15)14-21-10-5-9-20-21/h2-3,5-7,9-10H,4,8,11-14H2,1H3,(H,19,22). The largest absolute Gasteiger partial charge is 0.375 e. The fourth-order valence-corrected chi connectivity index (χ4v) is 3.02. The zero-order chi connectivity index (χ0) is 16.1. The average Bonchev–Trinajstić information content (AvgIpc) is 3.18. The van der Waals surface area contributed by atoms with E-state index in [4.69, 9.17) is 4.74 Å². The summed E-state index contributed by atoms with van der Waals surface area (Å²) in [4.78, 5) is 12.2. The molecule has 0 bridgehead atoms. The molecule has 1 amide bonds. The number of nitrogens with zero attached hydrogens (tertiary/aromatic N) is 2. The number of carbonyl (C=O) groups excluding carboxylic acids is 1. The summed E-state index contributed by atoms with van der Waals surface area (Å²) in [5.41, 5.74) is 1.99. The van der Waals surface area contributed by atoms with Crippen molar-refractivity contribution < 1.29 is 9.53 Å². The van der Waals surface area contributed by atoms with Crippen LogP contribution in [0.2, 0.25) is 0 Å². The second-order valence-corrected chi connectivity index (χ2v) is 6.33. The first-order valence-electron chi connectivity index (χ1n) is 8.09. The maximum atomic E-state index is 12.2. The van der Waals surface area contributed by atoms with Gasteiger partial charge in [0.05, 0.1) is 18.6 Å². The quantitative estimate of drug-likeness (QED) is 0.891. The van der Waals surface area contributed by atoms with E-state index >= 15 is 0 Å². The Morgan fingerprint density at radius 1 is 1.35 bits per heavy atom. The van der Waals surface area contributed by atoms with Crippen molar-refractivity contribution in [2.75, 3.05) is 6.61 Å². The third-order valence-electron chi connectivity index (χ3n) is 4.32. The van der Waals surface area contributed by atoms with Crippen molar-refractivity contribution in [3.05, 3.63) is 53.9 Å². The number of benzene rings is 1. The minimum atomic E-state index is -0.293. The van der Waals surface area contributed by atoms with Gasteiger partial charge >= 0.3 is 0 Å². The van der Waals surface area contributed by atoms with E-state index in [1.807, 2.05) is 42.1 Å². The van der Waals surface area contributed by atoms with Gasteiger partial charge in [-0.25, -0.2) is 0 Å². The maximum Gasteiger partial charge on any atom is 0.223 e. The van der Waals surface area contributed by atoms with Crippen LogP contribution in [0.1, 0.15) is 37.3 Å². The Labute approximate surface area is 136 Å². The highest BCUT2D eigenvalue weighted by Crippen LogP contribution is 2.28. The van der Waals surface area contributed by atoms with E-state index in [0.29, 0.717) is 19.5 Å². The summed E-state index contributed by atoms with van der Waals surface area (Å²) < 4.78 is 7.57. The van der Waals surface area contributed by atoms with Crippen molar-refractivity contribution in [3.63, 3.8) is 0 Å². The minimum Gasteiger partial charge on any atom is -0.375 e. The Hall–Kier alpha value is -2.14. The van der Waals surface area contributed by atoms with Gasteiger partial charge in [0.2, 0.25) is 5.91 Å². The topological polar surface area (TPSA) is 56.2 Å². The van der Waals surface area contributed by atoms with Crippen molar-refractivity contribution >= 4 is 5.91 Å². The van der Waals surface area contributed by atoms with Crippen LogP contribution in [0.15, 0.2) is 42.7 Å². The molecular weight excluding hydrogens is 290 g/mol. The van der Waals surface area contributed by atoms with Gasteiger partial charge in [-0.05, 0) is 37.0 Å². The lowest BCUT2D eigenvalue weighted by molar-refractivity contribution is -0.126. The number of aromatic nitrogens is 2. The van der Waals surface area contributed by atoms with Crippen LogP contribution < -0.4 is 5.32 Å². The molecule has 1 unspecified atom stereocenters. The van der Waals surface area contributed by atoms with Crippen molar-refractivity contribution in [2.24, 2.45) is 0 Å². The van der Waals surface area contributed by atoms with Crippen molar-refractivity contribution in [1.82, 2.24) is 15.1 Å². The van der Waals surface area contributed by atoms with Crippen LogP contribution in [0.4, 0.5) is 0 Å². The molecule has 5 nitrogen and oxygen atoms in total. The Morgan fingerprint density at radius 2 is 2.17 bits per heavy atom. The van der Waals surface area contributed by atoms with Crippen molar-refractivity contribution in [1.29, 1.82) is 0 Å². The summed E-state index contributed by atoms with van der Waals surface area (Å²) in [5, 5.41) is 7.26. The lowest BCUT2D eigenvalue weighted by Gasteiger charge is -2.22. The number of nitrogens with one attached hydrogen (secondary N) is 1. The highest BCUT2D eigenvalue weighted by Gasteiger charge is 2.32. The highest BCUT2D eigenvalue weighted by atomic mass is 16.5. The predicted molar refractivity (Wildman–Crippen MR) is 87.8 cm³/mol. The lowest BCUT2D eigenvalue weighted by Crippen LogP contribution is -2.33. The van der Waals surface area contributed by atoms with Gasteiger partial charge in [-0.3, -0.25) is 9.48 Å². The van der Waals surface area contributed by atoms with E-state index in [-0.39, 0.29) is 11.5 Å². The third-order valence-corrected chi connectivity index (χ3v) is 4.32. The zero-order valence-electron chi connectivity index (χ0n) is 13.5. The SMILES string of the molecule is CC1(CC(=O)NCc2ccccc2Cn2cccn2)CCCO1. The second kappa shape index (κ2) is 6.96. The lowest BCUT2D eigenvalue weighted by atomic mass is 9.98. The average molecular weight is 313 g/mol.